The summed E-state index contributed by atoms with van der Waals surface area (Å²) in [5, 5.41) is 14.5. The van der Waals surface area contributed by atoms with Crippen LogP contribution in [0.3, 0.4) is 0 Å². The molecule has 0 saturated heterocycles. The van der Waals surface area contributed by atoms with E-state index in [9.17, 15) is 4.79 Å². The van der Waals surface area contributed by atoms with Crippen LogP contribution in [-0.2, 0) is 0 Å². The molecular weight excluding hydrogens is 204 g/mol. The summed E-state index contributed by atoms with van der Waals surface area (Å²) in [6.45, 7) is 8.39. The first kappa shape index (κ1) is 15.2. The normalized spacial score (nSPS) is 16.3. The van der Waals surface area contributed by atoms with E-state index in [1.807, 2.05) is 13.8 Å². The fourth-order valence-corrected chi connectivity index (χ4v) is 1.44. The highest BCUT2D eigenvalue weighted by atomic mass is 16.3. The number of nitrogens with one attached hydrogen (secondary N) is 2. The summed E-state index contributed by atoms with van der Waals surface area (Å²) in [6, 6.07) is 0.185. The summed E-state index contributed by atoms with van der Waals surface area (Å²) < 4.78 is 0. The van der Waals surface area contributed by atoms with Crippen LogP contribution in [0.5, 0.6) is 0 Å². The first-order valence-electron chi connectivity index (χ1n) is 6.19. The Hall–Kier alpha value is -0.770. The average Bonchev–Trinajstić information content (AvgIpc) is 2.24. The Kier molecular flexibility index (Phi) is 7.99. The monoisotopic (exact) mass is 230 g/mol. The molecule has 0 saturated carbocycles. The summed E-state index contributed by atoms with van der Waals surface area (Å²) in [6.07, 6.45) is 2.59. The van der Waals surface area contributed by atoms with Crippen LogP contribution in [0.2, 0.25) is 0 Å². The van der Waals surface area contributed by atoms with Crippen LogP contribution in [0.15, 0.2) is 0 Å². The minimum Gasteiger partial charge on any atom is -0.396 e. The SMILES string of the molecule is CCC(C)C(C)NC(=O)NC(C)CCCO. The van der Waals surface area contributed by atoms with Crippen molar-refractivity contribution in [2.75, 3.05) is 6.61 Å². The van der Waals surface area contributed by atoms with Gasteiger partial charge in [0.05, 0.1) is 0 Å². The Morgan fingerprint density at radius 2 is 1.88 bits per heavy atom. The lowest BCUT2D eigenvalue weighted by molar-refractivity contribution is 0.227. The molecule has 3 atom stereocenters. The third-order valence-corrected chi connectivity index (χ3v) is 3.03. The maximum Gasteiger partial charge on any atom is 0.315 e. The van der Waals surface area contributed by atoms with Gasteiger partial charge >= 0.3 is 6.03 Å². The van der Waals surface area contributed by atoms with Crippen molar-refractivity contribution >= 4 is 6.03 Å². The first-order chi connectivity index (χ1) is 7.51. The Balaban J connectivity index is 3.80. The molecule has 0 radical (unpaired) electrons. The van der Waals surface area contributed by atoms with Crippen LogP contribution in [0.25, 0.3) is 0 Å². The fraction of sp³-hybridized carbons (Fsp3) is 0.917. The quantitative estimate of drug-likeness (QED) is 0.625. The van der Waals surface area contributed by atoms with Crippen molar-refractivity contribution in [3.63, 3.8) is 0 Å². The molecule has 0 heterocycles. The van der Waals surface area contributed by atoms with E-state index in [2.05, 4.69) is 24.5 Å². The second kappa shape index (κ2) is 8.39. The maximum atomic E-state index is 11.6. The molecule has 0 aliphatic heterocycles. The number of rotatable bonds is 7. The molecular formula is C12H26N2O2. The fourth-order valence-electron chi connectivity index (χ4n) is 1.44. The number of carbonyl (C=O) groups excluding carboxylic acids is 1. The number of amides is 2. The zero-order valence-electron chi connectivity index (χ0n) is 10.9. The minimum absolute atomic E-state index is 0.108. The lowest BCUT2D eigenvalue weighted by atomic mass is 10.0. The minimum atomic E-state index is -0.113. The Morgan fingerprint density at radius 3 is 2.38 bits per heavy atom. The lowest BCUT2D eigenvalue weighted by Crippen LogP contribution is -2.46. The topological polar surface area (TPSA) is 61.4 Å². The summed E-state index contributed by atoms with van der Waals surface area (Å²) in [5.41, 5.74) is 0. The number of hydrogen-bond acceptors (Lipinski definition) is 2. The van der Waals surface area contributed by atoms with Gasteiger partial charge in [-0.2, -0.15) is 0 Å². The summed E-state index contributed by atoms with van der Waals surface area (Å²) in [5.74, 6) is 0.485. The molecule has 0 aromatic heterocycles. The molecule has 3 unspecified atom stereocenters. The molecule has 4 heteroatoms. The van der Waals surface area contributed by atoms with Gasteiger partial charge in [0, 0.05) is 18.7 Å². The van der Waals surface area contributed by atoms with E-state index >= 15 is 0 Å². The van der Waals surface area contributed by atoms with Gasteiger partial charge < -0.3 is 15.7 Å². The van der Waals surface area contributed by atoms with Crippen LogP contribution >= 0.6 is 0 Å². The van der Waals surface area contributed by atoms with E-state index < -0.39 is 0 Å². The second-order valence-electron chi connectivity index (χ2n) is 4.56. The predicted octanol–water partition coefficient (Wildman–Crippen LogP) is 1.88. The Morgan fingerprint density at radius 1 is 1.25 bits per heavy atom. The van der Waals surface area contributed by atoms with Crippen LogP contribution < -0.4 is 10.6 Å². The third kappa shape index (κ3) is 6.67. The van der Waals surface area contributed by atoms with Crippen molar-refractivity contribution in [1.82, 2.24) is 10.6 Å². The zero-order chi connectivity index (χ0) is 12.6. The zero-order valence-corrected chi connectivity index (χ0v) is 10.9. The van der Waals surface area contributed by atoms with E-state index in [1.165, 1.54) is 0 Å². The first-order valence-corrected chi connectivity index (χ1v) is 6.19. The predicted molar refractivity (Wildman–Crippen MR) is 66.4 cm³/mol. The Labute approximate surface area is 98.8 Å². The van der Waals surface area contributed by atoms with Crippen molar-refractivity contribution in [2.45, 2.75) is 59.0 Å². The highest BCUT2D eigenvalue weighted by molar-refractivity contribution is 5.74. The van der Waals surface area contributed by atoms with Gasteiger partial charge in [0.1, 0.15) is 0 Å². The van der Waals surface area contributed by atoms with Gasteiger partial charge in [-0.05, 0) is 32.6 Å². The standard InChI is InChI=1S/C12H26N2O2/c1-5-9(2)11(4)14-12(16)13-10(3)7-6-8-15/h9-11,15H,5-8H2,1-4H3,(H2,13,14,16). The molecule has 3 N–H and O–H groups in total. The van der Waals surface area contributed by atoms with Gasteiger partial charge in [-0.25, -0.2) is 4.79 Å². The number of urea groups is 1. The summed E-state index contributed by atoms with van der Waals surface area (Å²) in [7, 11) is 0. The van der Waals surface area contributed by atoms with Crippen LogP contribution in [0.4, 0.5) is 4.79 Å². The van der Waals surface area contributed by atoms with Gasteiger partial charge in [-0.1, -0.05) is 20.3 Å². The van der Waals surface area contributed by atoms with Crippen molar-refractivity contribution in [3.8, 4) is 0 Å². The maximum absolute atomic E-state index is 11.6. The summed E-state index contributed by atoms with van der Waals surface area (Å²) >= 11 is 0. The molecule has 0 aliphatic carbocycles. The van der Waals surface area contributed by atoms with Gasteiger partial charge in [0.15, 0.2) is 0 Å². The highest BCUT2D eigenvalue weighted by Gasteiger charge is 2.14. The van der Waals surface area contributed by atoms with Crippen molar-refractivity contribution in [3.05, 3.63) is 0 Å². The largest absolute Gasteiger partial charge is 0.396 e. The van der Waals surface area contributed by atoms with Gasteiger partial charge in [-0.3, -0.25) is 0 Å². The van der Waals surface area contributed by atoms with Crippen LogP contribution in [0.1, 0.15) is 47.0 Å². The molecule has 0 aromatic rings. The molecule has 0 spiro atoms. The molecule has 16 heavy (non-hydrogen) atoms. The van der Waals surface area contributed by atoms with Gasteiger partial charge in [-0.15, -0.1) is 0 Å². The van der Waals surface area contributed by atoms with E-state index in [4.69, 9.17) is 5.11 Å². The molecule has 0 aliphatic rings. The molecule has 0 rings (SSSR count). The van der Waals surface area contributed by atoms with Gasteiger partial charge in [0.25, 0.3) is 0 Å². The molecule has 0 bridgehead atoms. The molecule has 0 aromatic carbocycles. The van der Waals surface area contributed by atoms with Crippen molar-refractivity contribution in [1.29, 1.82) is 0 Å². The smallest absolute Gasteiger partial charge is 0.315 e. The summed E-state index contributed by atoms with van der Waals surface area (Å²) in [4.78, 5) is 11.6. The number of aliphatic hydroxyl groups is 1. The van der Waals surface area contributed by atoms with Crippen molar-refractivity contribution < 1.29 is 9.90 Å². The Bertz CT molecular complexity index is 197. The van der Waals surface area contributed by atoms with Crippen molar-refractivity contribution in [2.24, 2.45) is 5.92 Å². The molecule has 2 amide bonds. The lowest BCUT2D eigenvalue weighted by Gasteiger charge is -2.21. The number of carbonyl (C=O) groups is 1. The molecule has 4 nitrogen and oxygen atoms in total. The number of aliphatic hydroxyl groups excluding tert-OH is 1. The molecule has 0 fully saturated rings. The van der Waals surface area contributed by atoms with Crippen LogP contribution in [-0.4, -0.2) is 29.8 Å². The van der Waals surface area contributed by atoms with Crippen LogP contribution in [0, 0.1) is 5.92 Å². The second-order valence-corrected chi connectivity index (χ2v) is 4.56. The van der Waals surface area contributed by atoms with E-state index in [1.54, 1.807) is 0 Å². The molecule has 96 valence electrons. The van der Waals surface area contributed by atoms with E-state index in [0.717, 1.165) is 19.3 Å². The van der Waals surface area contributed by atoms with E-state index in [0.29, 0.717) is 5.92 Å². The van der Waals surface area contributed by atoms with E-state index in [-0.39, 0.29) is 24.7 Å². The third-order valence-electron chi connectivity index (χ3n) is 3.03. The van der Waals surface area contributed by atoms with Gasteiger partial charge in [0.2, 0.25) is 0 Å². The number of hydrogen-bond donors (Lipinski definition) is 3. The average molecular weight is 230 g/mol. The highest BCUT2D eigenvalue weighted by Crippen LogP contribution is 2.06.